The molecule has 0 radical (unpaired) electrons. The third-order valence-corrected chi connectivity index (χ3v) is 5.11. The molecule has 0 N–H and O–H groups in total. The van der Waals surface area contributed by atoms with Crippen molar-refractivity contribution in [3.63, 3.8) is 0 Å². The lowest BCUT2D eigenvalue weighted by Crippen LogP contribution is -2.13. The Balaban J connectivity index is 1.80. The molecule has 0 bridgehead atoms. The highest BCUT2D eigenvalue weighted by Crippen LogP contribution is 2.32. The molecule has 0 saturated carbocycles. The molecular weight excluding hydrogens is 326 g/mol. The Hall–Kier alpha value is -2.17. The number of fused-ring (bicyclic) bond motifs is 1. The number of carbonyl (C=O) groups excluding carboxylic acids is 1. The molecule has 2 aromatic rings. The number of carbonyl (C=O) groups is 1. The Labute approximate surface area is 155 Å². The van der Waals surface area contributed by atoms with Gasteiger partial charge in [-0.15, -0.1) is 5.10 Å². The fourth-order valence-electron chi connectivity index (χ4n) is 3.77. The number of benzene rings is 1. The Morgan fingerprint density at radius 2 is 2.00 bits per heavy atom. The van der Waals surface area contributed by atoms with E-state index < -0.39 is 0 Å². The maximum atomic E-state index is 11.8. The second-order valence-electron chi connectivity index (χ2n) is 7.38. The van der Waals surface area contributed by atoms with Crippen LogP contribution in [0.25, 0.3) is 0 Å². The summed E-state index contributed by atoms with van der Waals surface area (Å²) in [7, 11) is 0. The van der Waals surface area contributed by atoms with E-state index in [1.807, 2.05) is 31.2 Å². The number of nitrogens with zero attached hydrogens (tertiary/aromatic N) is 3. The normalized spacial score (nSPS) is 17.5. The van der Waals surface area contributed by atoms with Crippen molar-refractivity contribution in [2.75, 3.05) is 6.61 Å². The molecule has 0 fully saturated rings. The third-order valence-electron chi connectivity index (χ3n) is 5.11. The van der Waals surface area contributed by atoms with Crippen LogP contribution in [-0.2, 0) is 17.6 Å². The summed E-state index contributed by atoms with van der Waals surface area (Å²) in [6, 6.07) is 8.15. The van der Waals surface area contributed by atoms with Crippen LogP contribution in [0.5, 0.6) is 0 Å². The molecule has 1 aromatic heterocycles. The van der Waals surface area contributed by atoms with Crippen molar-refractivity contribution >= 4 is 5.97 Å². The van der Waals surface area contributed by atoms with Crippen molar-refractivity contribution < 1.29 is 9.53 Å². The van der Waals surface area contributed by atoms with Gasteiger partial charge in [-0.3, -0.25) is 0 Å². The van der Waals surface area contributed by atoms with Crippen LogP contribution in [0, 0.1) is 0 Å². The number of rotatable bonds is 5. The van der Waals surface area contributed by atoms with E-state index in [0.717, 1.165) is 19.3 Å². The molecule has 0 spiro atoms. The van der Waals surface area contributed by atoms with Crippen LogP contribution in [0.3, 0.4) is 0 Å². The fraction of sp³-hybridized carbons (Fsp3) is 0.571. The number of ether oxygens (including phenoxy) is 1. The van der Waals surface area contributed by atoms with E-state index in [2.05, 4.69) is 28.8 Å². The zero-order valence-electron chi connectivity index (χ0n) is 16.1. The quantitative estimate of drug-likeness (QED) is 0.742. The van der Waals surface area contributed by atoms with Crippen LogP contribution in [0.15, 0.2) is 24.3 Å². The smallest absolute Gasteiger partial charge is 0.338 e. The summed E-state index contributed by atoms with van der Waals surface area (Å²) in [5.41, 5.74) is 4.33. The van der Waals surface area contributed by atoms with E-state index in [0.29, 0.717) is 24.1 Å². The van der Waals surface area contributed by atoms with Crippen LogP contribution in [-0.4, -0.2) is 27.6 Å². The molecule has 1 heterocycles. The second-order valence-corrected chi connectivity index (χ2v) is 7.38. The van der Waals surface area contributed by atoms with Gasteiger partial charge in [-0.1, -0.05) is 30.2 Å². The maximum absolute atomic E-state index is 11.8. The second kappa shape index (κ2) is 8.47. The third kappa shape index (κ3) is 4.14. The first kappa shape index (κ1) is 18.6. The van der Waals surface area contributed by atoms with Crippen molar-refractivity contribution in [1.82, 2.24) is 15.0 Å². The molecule has 1 aliphatic carbocycles. The molecule has 1 aromatic carbocycles. The number of hydrogen-bond acceptors (Lipinski definition) is 4. The van der Waals surface area contributed by atoms with Gasteiger partial charge in [0, 0.05) is 12.0 Å². The lowest BCUT2D eigenvalue weighted by Gasteiger charge is -2.20. The molecule has 1 atom stereocenters. The van der Waals surface area contributed by atoms with Gasteiger partial charge in [-0.25, -0.2) is 9.48 Å². The van der Waals surface area contributed by atoms with Crippen molar-refractivity contribution in [2.45, 2.75) is 71.3 Å². The Morgan fingerprint density at radius 1 is 1.23 bits per heavy atom. The summed E-state index contributed by atoms with van der Waals surface area (Å²) >= 11 is 0. The van der Waals surface area contributed by atoms with Gasteiger partial charge in [-0.05, 0) is 64.2 Å². The minimum Gasteiger partial charge on any atom is -0.462 e. The number of aromatic nitrogens is 3. The molecule has 1 aliphatic rings. The van der Waals surface area contributed by atoms with Crippen molar-refractivity contribution in [3.05, 3.63) is 46.8 Å². The summed E-state index contributed by atoms with van der Waals surface area (Å²) in [6.07, 6.45) is 6.86. The highest BCUT2D eigenvalue weighted by Gasteiger charge is 2.24. The zero-order chi connectivity index (χ0) is 18.5. The molecule has 0 aliphatic heterocycles. The Bertz CT molecular complexity index is 734. The lowest BCUT2D eigenvalue weighted by molar-refractivity contribution is 0.0526. The van der Waals surface area contributed by atoms with Gasteiger partial charge in [-0.2, -0.15) is 0 Å². The van der Waals surface area contributed by atoms with Crippen LogP contribution in [0.2, 0.25) is 0 Å². The van der Waals surface area contributed by atoms with Gasteiger partial charge in [0.15, 0.2) is 0 Å². The molecule has 140 valence electrons. The van der Waals surface area contributed by atoms with Gasteiger partial charge in [0.2, 0.25) is 0 Å². The zero-order valence-corrected chi connectivity index (χ0v) is 16.1. The van der Waals surface area contributed by atoms with E-state index in [9.17, 15) is 4.79 Å². The largest absolute Gasteiger partial charge is 0.462 e. The Kier molecular flexibility index (Phi) is 6.07. The topological polar surface area (TPSA) is 57.0 Å². The van der Waals surface area contributed by atoms with Gasteiger partial charge >= 0.3 is 5.97 Å². The molecule has 3 rings (SSSR count). The van der Waals surface area contributed by atoms with E-state index in [-0.39, 0.29) is 5.97 Å². The average Bonchev–Trinajstić information content (AvgIpc) is 3.02. The van der Waals surface area contributed by atoms with E-state index in [1.165, 1.54) is 36.2 Å². The predicted octanol–water partition coefficient (Wildman–Crippen LogP) is 4.48. The van der Waals surface area contributed by atoms with Gasteiger partial charge in [0.1, 0.15) is 0 Å². The van der Waals surface area contributed by atoms with Crippen molar-refractivity contribution in [2.24, 2.45) is 0 Å². The minimum atomic E-state index is -0.257. The standard InChI is InChI=1S/C21H29N3O2/c1-4-26-21(25)17-12-10-16(11-13-17)14-18-8-6-5-7-9-19-20(18)22-23-24(19)15(2)3/h10-13,15,18H,4-9,14H2,1-3H3. The fourth-order valence-corrected chi connectivity index (χ4v) is 3.77. The summed E-state index contributed by atoms with van der Waals surface area (Å²) in [4.78, 5) is 11.8. The number of esters is 1. The predicted molar refractivity (Wildman–Crippen MR) is 101 cm³/mol. The minimum absolute atomic E-state index is 0.257. The van der Waals surface area contributed by atoms with Gasteiger partial charge < -0.3 is 4.74 Å². The van der Waals surface area contributed by atoms with E-state index in [1.54, 1.807) is 0 Å². The van der Waals surface area contributed by atoms with Crippen LogP contribution >= 0.6 is 0 Å². The molecule has 5 heteroatoms. The van der Waals surface area contributed by atoms with Gasteiger partial charge in [0.05, 0.1) is 23.6 Å². The van der Waals surface area contributed by atoms with Crippen LogP contribution in [0.4, 0.5) is 0 Å². The molecule has 5 nitrogen and oxygen atoms in total. The Morgan fingerprint density at radius 3 is 2.69 bits per heavy atom. The molecular formula is C21H29N3O2. The first-order valence-electron chi connectivity index (χ1n) is 9.80. The maximum Gasteiger partial charge on any atom is 0.338 e. The SMILES string of the molecule is CCOC(=O)c1ccc(CC2CCCCCc3c2nnn3C(C)C)cc1. The van der Waals surface area contributed by atoms with Crippen molar-refractivity contribution in [3.8, 4) is 0 Å². The summed E-state index contributed by atoms with van der Waals surface area (Å²) in [6.45, 7) is 6.55. The summed E-state index contributed by atoms with van der Waals surface area (Å²) in [5, 5.41) is 9.00. The highest BCUT2D eigenvalue weighted by atomic mass is 16.5. The lowest BCUT2D eigenvalue weighted by atomic mass is 9.86. The average molecular weight is 355 g/mol. The summed E-state index contributed by atoms with van der Waals surface area (Å²) in [5.74, 6) is 0.137. The van der Waals surface area contributed by atoms with Crippen molar-refractivity contribution in [1.29, 1.82) is 0 Å². The monoisotopic (exact) mass is 355 g/mol. The van der Waals surface area contributed by atoms with E-state index in [4.69, 9.17) is 4.74 Å². The first-order chi connectivity index (χ1) is 12.6. The molecule has 1 unspecified atom stereocenters. The van der Waals surface area contributed by atoms with E-state index >= 15 is 0 Å². The number of hydrogen-bond donors (Lipinski definition) is 0. The van der Waals surface area contributed by atoms with Gasteiger partial charge in [0.25, 0.3) is 0 Å². The molecule has 0 amide bonds. The highest BCUT2D eigenvalue weighted by molar-refractivity contribution is 5.89. The molecule has 0 saturated heterocycles. The molecule has 26 heavy (non-hydrogen) atoms. The summed E-state index contributed by atoms with van der Waals surface area (Å²) < 4.78 is 7.15. The van der Waals surface area contributed by atoms with Crippen LogP contribution in [0.1, 0.15) is 85.7 Å². The first-order valence-corrected chi connectivity index (χ1v) is 9.80. The van der Waals surface area contributed by atoms with Crippen LogP contribution < -0.4 is 0 Å².